The van der Waals surface area contributed by atoms with Crippen molar-refractivity contribution in [2.24, 2.45) is 5.73 Å². The SMILES string of the molecule is COc1ccc2cccc([C@@H]3C[C@H]3N)c2c1. The van der Waals surface area contributed by atoms with Crippen molar-refractivity contribution in [1.29, 1.82) is 0 Å². The number of benzene rings is 2. The maximum atomic E-state index is 5.93. The van der Waals surface area contributed by atoms with Crippen molar-refractivity contribution in [2.75, 3.05) is 7.11 Å². The lowest BCUT2D eigenvalue weighted by Crippen LogP contribution is -2.01. The normalized spacial score (nSPS) is 23.4. The van der Waals surface area contributed by atoms with Crippen molar-refractivity contribution in [1.82, 2.24) is 0 Å². The maximum absolute atomic E-state index is 5.93. The van der Waals surface area contributed by atoms with Gasteiger partial charge in [-0.05, 0) is 34.9 Å². The largest absolute Gasteiger partial charge is 0.497 e. The van der Waals surface area contributed by atoms with Crippen LogP contribution in [-0.2, 0) is 0 Å². The molecule has 0 aliphatic heterocycles. The third kappa shape index (κ3) is 1.46. The first-order valence-corrected chi connectivity index (χ1v) is 5.62. The quantitative estimate of drug-likeness (QED) is 0.832. The van der Waals surface area contributed by atoms with E-state index in [0.29, 0.717) is 12.0 Å². The van der Waals surface area contributed by atoms with E-state index >= 15 is 0 Å². The molecule has 0 spiro atoms. The lowest BCUT2D eigenvalue weighted by Gasteiger charge is -2.07. The molecule has 3 rings (SSSR count). The summed E-state index contributed by atoms with van der Waals surface area (Å²) in [7, 11) is 1.70. The van der Waals surface area contributed by atoms with Crippen LogP contribution in [0.25, 0.3) is 10.8 Å². The Balaban J connectivity index is 2.19. The molecule has 82 valence electrons. The average molecular weight is 213 g/mol. The van der Waals surface area contributed by atoms with Crippen LogP contribution in [0.5, 0.6) is 5.75 Å². The number of fused-ring (bicyclic) bond motifs is 1. The molecular formula is C14H15NO. The Bertz CT molecular complexity index is 535. The Morgan fingerprint density at radius 3 is 2.75 bits per heavy atom. The average Bonchev–Trinajstić information content (AvgIpc) is 3.04. The fourth-order valence-electron chi connectivity index (χ4n) is 2.30. The van der Waals surface area contributed by atoms with E-state index < -0.39 is 0 Å². The number of nitrogens with two attached hydrogens (primary N) is 1. The minimum absolute atomic E-state index is 0.344. The third-order valence-electron chi connectivity index (χ3n) is 3.36. The Kier molecular flexibility index (Phi) is 2.11. The summed E-state index contributed by atoms with van der Waals surface area (Å²) in [5, 5.41) is 2.54. The van der Waals surface area contributed by atoms with E-state index in [2.05, 4.69) is 30.3 Å². The van der Waals surface area contributed by atoms with Crippen LogP contribution in [-0.4, -0.2) is 13.2 Å². The summed E-state index contributed by atoms with van der Waals surface area (Å²) in [5.41, 5.74) is 7.29. The maximum Gasteiger partial charge on any atom is 0.119 e. The first-order chi connectivity index (χ1) is 7.79. The van der Waals surface area contributed by atoms with Gasteiger partial charge in [0.25, 0.3) is 0 Å². The van der Waals surface area contributed by atoms with Crippen molar-refractivity contribution in [2.45, 2.75) is 18.4 Å². The van der Waals surface area contributed by atoms with E-state index in [0.717, 1.165) is 12.2 Å². The molecule has 1 aliphatic carbocycles. The molecule has 0 amide bonds. The standard InChI is InChI=1S/C14H15NO/c1-16-10-6-5-9-3-2-4-11(12(9)7-10)13-8-14(13)15/h2-7,13-14H,8,15H2,1H3/t13-,14+/m0/s1. The summed E-state index contributed by atoms with van der Waals surface area (Å²) < 4.78 is 5.27. The van der Waals surface area contributed by atoms with Crippen LogP contribution in [0, 0.1) is 0 Å². The van der Waals surface area contributed by atoms with E-state index in [1.165, 1.54) is 16.3 Å². The zero-order valence-corrected chi connectivity index (χ0v) is 9.31. The Hall–Kier alpha value is -1.54. The molecule has 0 radical (unpaired) electrons. The number of hydrogen-bond donors (Lipinski definition) is 1. The van der Waals surface area contributed by atoms with Crippen LogP contribution in [0.2, 0.25) is 0 Å². The van der Waals surface area contributed by atoms with Crippen LogP contribution in [0.3, 0.4) is 0 Å². The molecule has 0 aromatic heterocycles. The number of ether oxygens (including phenoxy) is 1. The van der Waals surface area contributed by atoms with Gasteiger partial charge in [-0.3, -0.25) is 0 Å². The first-order valence-electron chi connectivity index (χ1n) is 5.62. The van der Waals surface area contributed by atoms with Crippen molar-refractivity contribution in [3.63, 3.8) is 0 Å². The van der Waals surface area contributed by atoms with Crippen LogP contribution in [0.15, 0.2) is 36.4 Å². The van der Waals surface area contributed by atoms with Crippen LogP contribution in [0.4, 0.5) is 0 Å². The molecule has 0 bridgehead atoms. The van der Waals surface area contributed by atoms with Gasteiger partial charge in [-0.25, -0.2) is 0 Å². The minimum Gasteiger partial charge on any atom is -0.497 e. The molecule has 16 heavy (non-hydrogen) atoms. The molecule has 0 saturated heterocycles. The molecule has 1 aliphatic rings. The van der Waals surface area contributed by atoms with Gasteiger partial charge < -0.3 is 10.5 Å². The zero-order chi connectivity index (χ0) is 11.1. The van der Waals surface area contributed by atoms with E-state index in [1.807, 2.05) is 6.07 Å². The van der Waals surface area contributed by atoms with Crippen LogP contribution in [0.1, 0.15) is 17.9 Å². The smallest absolute Gasteiger partial charge is 0.119 e. The third-order valence-corrected chi connectivity index (χ3v) is 3.36. The van der Waals surface area contributed by atoms with Gasteiger partial charge >= 0.3 is 0 Å². The molecular weight excluding hydrogens is 198 g/mol. The van der Waals surface area contributed by atoms with Crippen molar-refractivity contribution in [3.8, 4) is 5.75 Å². The van der Waals surface area contributed by atoms with Gasteiger partial charge in [0.05, 0.1) is 7.11 Å². The van der Waals surface area contributed by atoms with Gasteiger partial charge in [0, 0.05) is 12.0 Å². The van der Waals surface area contributed by atoms with Crippen LogP contribution < -0.4 is 10.5 Å². The molecule has 0 unspecified atom stereocenters. The highest BCUT2D eigenvalue weighted by Crippen LogP contribution is 2.42. The zero-order valence-electron chi connectivity index (χ0n) is 9.31. The van der Waals surface area contributed by atoms with Gasteiger partial charge in [-0.2, -0.15) is 0 Å². The van der Waals surface area contributed by atoms with Gasteiger partial charge in [-0.1, -0.05) is 24.3 Å². The molecule has 2 aromatic rings. The van der Waals surface area contributed by atoms with Crippen molar-refractivity contribution < 1.29 is 4.74 Å². The van der Waals surface area contributed by atoms with Gasteiger partial charge in [-0.15, -0.1) is 0 Å². The summed E-state index contributed by atoms with van der Waals surface area (Å²) in [6, 6.07) is 13.0. The van der Waals surface area contributed by atoms with E-state index in [-0.39, 0.29) is 0 Å². The summed E-state index contributed by atoms with van der Waals surface area (Å²) in [4.78, 5) is 0. The monoisotopic (exact) mass is 213 g/mol. The second-order valence-electron chi connectivity index (χ2n) is 4.44. The summed E-state index contributed by atoms with van der Waals surface area (Å²) in [6.45, 7) is 0. The second kappa shape index (κ2) is 3.49. The van der Waals surface area contributed by atoms with Gasteiger partial charge in [0.2, 0.25) is 0 Å². The molecule has 1 fully saturated rings. The molecule has 2 heteroatoms. The summed E-state index contributed by atoms with van der Waals surface area (Å²) in [6.07, 6.45) is 1.11. The number of rotatable bonds is 2. The Morgan fingerprint density at radius 1 is 1.25 bits per heavy atom. The van der Waals surface area contributed by atoms with Crippen LogP contribution >= 0.6 is 0 Å². The number of methoxy groups -OCH3 is 1. The molecule has 2 N–H and O–H groups in total. The Morgan fingerprint density at radius 2 is 2.06 bits per heavy atom. The highest BCUT2D eigenvalue weighted by atomic mass is 16.5. The summed E-state index contributed by atoms with van der Waals surface area (Å²) >= 11 is 0. The molecule has 2 atom stereocenters. The van der Waals surface area contributed by atoms with Gasteiger partial charge in [0.15, 0.2) is 0 Å². The first kappa shape index (κ1) is 9.67. The Labute approximate surface area is 95.0 Å². The van der Waals surface area contributed by atoms with E-state index in [9.17, 15) is 0 Å². The fourth-order valence-corrected chi connectivity index (χ4v) is 2.30. The molecule has 2 nitrogen and oxygen atoms in total. The highest BCUT2D eigenvalue weighted by molar-refractivity contribution is 5.88. The molecule has 0 heterocycles. The van der Waals surface area contributed by atoms with Crippen molar-refractivity contribution in [3.05, 3.63) is 42.0 Å². The molecule has 2 aromatic carbocycles. The highest BCUT2D eigenvalue weighted by Gasteiger charge is 2.35. The summed E-state index contributed by atoms with van der Waals surface area (Å²) in [5.74, 6) is 1.45. The topological polar surface area (TPSA) is 35.2 Å². The van der Waals surface area contributed by atoms with Gasteiger partial charge in [0.1, 0.15) is 5.75 Å². The lowest BCUT2D eigenvalue weighted by atomic mass is 10.0. The second-order valence-corrected chi connectivity index (χ2v) is 4.44. The predicted octanol–water partition coefficient (Wildman–Crippen LogP) is 2.66. The van der Waals surface area contributed by atoms with Crippen molar-refractivity contribution >= 4 is 10.8 Å². The molecule has 1 saturated carbocycles. The van der Waals surface area contributed by atoms with E-state index in [1.54, 1.807) is 7.11 Å². The minimum atomic E-state index is 0.344. The lowest BCUT2D eigenvalue weighted by molar-refractivity contribution is 0.415. The number of hydrogen-bond acceptors (Lipinski definition) is 2. The predicted molar refractivity (Wildman–Crippen MR) is 65.8 cm³/mol. The fraction of sp³-hybridized carbons (Fsp3) is 0.286. The van der Waals surface area contributed by atoms with E-state index in [4.69, 9.17) is 10.5 Å².